The van der Waals surface area contributed by atoms with Crippen LogP contribution in [0.25, 0.3) is 0 Å². The average Bonchev–Trinajstić information content (AvgIpc) is 2.17. The summed E-state index contributed by atoms with van der Waals surface area (Å²) in [5.74, 6) is -1.20. The van der Waals surface area contributed by atoms with E-state index in [1.807, 2.05) is 0 Å². The molecule has 1 fully saturated rings. The first-order valence-electron chi connectivity index (χ1n) is 4.17. The summed E-state index contributed by atoms with van der Waals surface area (Å²) >= 11 is 0. The van der Waals surface area contributed by atoms with Crippen LogP contribution in [-0.2, 0) is 18.6 Å². The molecule has 10 nitrogen and oxygen atoms in total. The standard InChI is InChI=1S/C6H11O9P.H3N/c7-3-2(1-14-16(11,12)13)15-6(10)5(9)4(3)8;/h2-5,7-9H,1H2,(H2,11,12,13);1H3/t2-,3-,4+,5-;/m1./s1. The van der Waals surface area contributed by atoms with Gasteiger partial charge in [0, 0.05) is 0 Å². The number of rotatable bonds is 3. The third-order valence-electron chi connectivity index (χ3n) is 1.97. The number of esters is 1. The van der Waals surface area contributed by atoms with Crippen LogP contribution in [0.2, 0.25) is 0 Å². The number of carbonyl (C=O) groups is 1. The van der Waals surface area contributed by atoms with E-state index in [0.29, 0.717) is 0 Å². The fourth-order valence-corrected chi connectivity index (χ4v) is 1.48. The zero-order valence-electron chi connectivity index (χ0n) is 8.54. The van der Waals surface area contributed by atoms with E-state index in [1.54, 1.807) is 0 Å². The van der Waals surface area contributed by atoms with E-state index in [2.05, 4.69) is 9.26 Å². The zero-order chi connectivity index (χ0) is 12.5. The molecule has 0 bridgehead atoms. The highest BCUT2D eigenvalue weighted by Gasteiger charge is 2.44. The molecule has 1 heterocycles. The predicted octanol–water partition coefficient (Wildman–Crippen LogP) is -2.73. The lowest BCUT2D eigenvalue weighted by Crippen LogP contribution is -2.56. The minimum absolute atomic E-state index is 0. The Hall–Kier alpha value is -0.580. The highest BCUT2D eigenvalue weighted by Crippen LogP contribution is 2.36. The number of cyclic esters (lactones) is 1. The summed E-state index contributed by atoms with van der Waals surface area (Å²) in [5.41, 5.74) is 0. The fraction of sp³-hybridized carbons (Fsp3) is 0.833. The number of carbonyl (C=O) groups excluding carboxylic acids is 1. The molecule has 102 valence electrons. The van der Waals surface area contributed by atoms with Gasteiger partial charge in [-0.25, -0.2) is 9.36 Å². The first-order valence-corrected chi connectivity index (χ1v) is 5.70. The lowest BCUT2D eigenvalue weighted by Gasteiger charge is -2.33. The van der Waals surface area contributed by atoms with Gasteiger partial charge in [0.05, 0.1) is 6.61 Å². The molecule has 1 rings (SSSR count). The second-order valence-corrected chi connectivity index (χ2v) is 4.43. The molecule has 0 spiro atoms. The van der Waals surface area contributed by atoms with Crippen LogP contribution in [0.5, 0.6) is 0 Å². The summed E-state index contributed by atoms with van der Waals surface area (Å²) in [4.78, 5) is 27.6. The Morgan fingerprint density at radius 1 is 1.24 bits per heavy atom. The zero-order valence-corrected chi connectivity index (χ0v) is 9.43. The molecule has 0 aromatic carbocycles. The summed E-state index contributed by atoms with van der Waals surface area (Å²) in [5, 5.41) is 27.5. The molecular formula is C6H14NO9P. The first-order chi connectivity index (χ1) is 7.22. The number of aliphatic hydroxyl groups excluding tert-OH is 3. The molecule has 1 saturated heterocycles. The van der Waals surface area contributed by atoms with Crippen molar-refractivity contribution in [3.63, 3.8) is 0 Å². The molecule has 1 aliphatic rings. The monoisotopic (exact) mass is 275 g/mol. The van der Waals surface area contributed by atoms with Crippen LogP contribution in [0.4, 0.5) is 0 Å². The van der Waals surface area contributed by atoms with Crippen LogP contribution in [0.15, 0.2) is 0 Å². The van der Waals surface area contributed by atoms with Gasteiger partial charge in [-0.2, -0.15) is 0 Å². The van der Waals surface area contributed by atoms with Gasteiger partial charge >= 0.3 is 13.8 Å². The Labute approximate surface area is 95.6 Å². The molecule has 0 radical (unpaired) electrons. The Bertz CT molecular complexity index is 317. The topological polar surface area (TPSA) is 189 Å². The van der Waals surface area contributed by atoms with Gasteiger partial charge in [0.2, 0.25) is 0 Å². The van der Waals surface area contributed by atoms with Crippen molar-refractivity contribution < 1.29 is 43.7 Å². The highest BCUT2D eigenvalue weighted by molar-refractivity contribution is 7.46. The molecule has 0 aromatic rings. The van der Waals surface area contributed by atoms with Crippen LogP contribution in [0.1, 0.15) is 0 Å². The van der Waals surface area contributed by atoms with Gasteiger partial charge in [-0.05, 0) is 0 Å². The highest BCUT2D eigenvalue weighted by atomic mass is 31.2. The van der Waals surface area contributed by atoms with Crippen LogP contribution >= 0.6 is 7.82 Å². The lowest BCUT2D eigenvalue weighted by atomic mass is 10.0. The minimum Gasteiger partial charge on any atom is -0.455 e. The summed E-state index contributed by atoms with van der Waals surface area (Å²) < 4.78 is 18.8. The number of phosphoric acid groups is 1. The second kappa shape index (κ2) is 5.85. The van der Waals surface area contributed by atoms with E-state index in [-0.39, 0.29) is 6.15 Å². The minimum atomic E-state index is -4.76. The smallest absolute Gasteiger partial charge is 0.455 e. The summed E-state index contributed by atoms with van der Waals surface area (Å²) in [6.07, 6.45) is -6.80. The maximum atomic E-state index is 10.9. The number of hydrogen-bond donors (Lipinski definition) is 6. The largest absolute Gasteiger partial charge is 0.469 e. The quantitative estimate of drug-likeness (QED) is 0.233. The molecular weight excluding hydrogens is 261 g/mol. The Balaban J connectivity index is 0.00000256. The van der Waals surface area contributed by atoms with E-state index < -0.39 is 44.8 Å². The predicted molar refractivity (Wildman–Crippen MR) is 50.9 cm³/mol. The maximum Gasteiger partial charge on any atom is 0.469 e. The van der Waals surface area contributed by atoms with Crippen molar-refractivity contribution in [2.24, 2.45) is 0 Å². The maximum absolute atomic E-state index is 10.9. The van der Waals surface area contributed by atoms with Crippen LogP contribution < -0.4 is 6.15 Å². The van der Waals surface area contributed by atoms with Crippen molar-refractivity contribution in [1.29, 1.82) is 0 Å². The molecule has 0 saturated carbocycles. The number of hydrogen-bond acceptors (Lipinski definition) is 8. The molecule has 0 unspecified atom stereocenters. The normalized spacial score (nSPS) is 33.8. The van der Waals surface area contributed by atoms with Crippen molar-refractivity contribution in [3.05, 3.63) is 0 Å². The van der Waals surface area contributed by atoms with E-state index in [0.717, 1.165) is 0 Å². The molecule has 0 amide bonds. The fourth-order valence-electron chi connectivity index (χ4n) is 1.14. The molecule has 11 heteroatoms. The third kappa shape index (κ3) is 4.30. The summed E-state index contributed by atoms with van der Waals surface area (Å²) in [7, 11) is -4.76. The van der Waals surface area contributed by atoms with Crippen molar-refractivity contribution >= 4 is 13.8 Å². The average molecular weight is 275 g/mol. The molecule has 4 atom stereocenters. The SMILES string of the molecule is N.O=C1O[C@H](COP(=O)(O)O)[C@@H](O)[C@H](O)[C@H]1O. The number of ether oxygens (including phenoxy) is 1. The van der Waals surface area contributed by atoms with Gasteiger partial charge < -0.3 is 36.0 Å². The van der Waals surface area contributed by atoms with Gasteiger partial charge in [-0.1, -0.05) is 0 Å². The van der Waals surface area contributed by atoms with E-state index in [4.69, 9.17) is 20.0 Å². The van der Waals surface area contributed by atoms with Gasteiger partial charge in [-0.15, -0.1) is 0 Å². The first kappa shape index (κ1) is 16.4. The van der Waals surface area contributed by atoms with Crippen LogP contribution in [0.3, 0.4) is 0 Å². The molecule has 8 N–H and O–H groups in total. The molecule has 0 aliphatic carbocycles. The molecule has 1 aliphatic heterocycles. The van der Waals surface area contributed by atoms with Crippen molar-refractivity contribution in [2.45, 2.75) is 24.4 Å². The van der Waals surface area contributed by atoms with Gasteiger partial charge in [0.1, 0.15) is 12.2 Å². The number of phosphoric ester groups is 1. The molecule has 0 aromatic heterocycles. The van der Waals surface area contributed by atoms with Crippen LogP contribution in [-0.4, -0.2) is 62.1 Å². The number of aliphatic hydroxyl groups is 3. The van der Waals surface area contributed by atoms with Crippen molar-refractivity contribution in [2.75, 3.05) is 6.61 Å². The van der Waals surface area contributed by atoms with E-state index in [1.165, 1.54) is 0 Å². The van der Waals surface area contributed by atoms with Crippen molar-refractivity contribution in [3.8, 4) is 0 Å². The van der Waals surface area contributed by atoms with Crippen LogP contribution in [0, 0.1) is 0 Å². The second-order valence-electron chi connectivity index (χ2n) is 3.19. The van der Waals surface area contributed by atoms with Gasteiger partial charge in [0.25, 0.3) is 0 Å². The van der Waals surface area contributed by atoms with Gasteiger partial charge in [0.15, 0.2) is 12.2 Å². The Morgan fingerprint density at radius 3 is 2.24 bits per heavy atom. The van der Waals surface area contributed by atoms with E-state index >= 15 is 0 Å². The van der Waals surface area contributed by atoms with Gasteiger partial charge in [-0.3, -0.25) is 4.52 Å². The van der Waals surface area contributed by atoms with E-state index in [9.17, 15) is 14.5 Å². The summed E-state index contributed by atoms with van der Waals surface area (Å²) in [6, 6.07) is 0. The third-order valence-corrected chi connectivity index (χ3v) is 2.46. The van der Waals surface area contributed by atoms with Crippen molar-refractivity contribution in [1.82, 2.24) is 6.15 Å². The Morgan fingerprint density at radius 2 is 1.76 bits per heavy atom. The Kier molecular flexibility index (Phi) is 5.65. The molecule has 17 heavy (non-hydrogen) atoms. The lowest BCUT2D eigenvalue weighted by molar-refractivity contribution is -0.206. The summed E-state index contributed by atoms with van der Waals surface area (Å²) in [6.45, 7) is -0.791.